The predicted molar refractivity (Wildman–Crippen MR) is 87.2 cm³/mol. The summed E-state index contributed by atoms with van der Waals surface area (Å²) in [7, 11) is 0. The van der Waals surface area contributed by atoms with E-state index in [1.165, 1.54) is 41.5 Å². The maximum absolute atomic E-state index is 6.31. The second-order valence-corrected chi connectivity index (χ2v) is 8.80. The third-order valence-corrected chi connectivity index (χ3v) is 5.65. The number of nitrogens with zero attached hydrogens (tertiary/aromatic N) is 1. The van der Waals surface area contributed by atoms with E-state index in [2.05, 4.69) is 37.9 Å². The number of rotatable bonds is 4. The minimum Gasteiger partial charge on any atom is -0.327 e. The molecule has 1 unspecified atom stereocenters. The molecule has 0 saturated carbocycles. The highest BCUT2D eigenvalue weighted by Crippen LogP contribution is 2.28. The second kappa shape index (κ2) is 6.59. The van der Waals surface area contributed by atoms with Crippen molar-refractivity contribution in [3.05, 3.63) is 16.1 Å². The SMILES string of the molecule is CC(C)(C)c1csc(CC(N)CC2CCSCC2)n1. The molecule has 1 aliphatic rings. The van der Waals surface area contributed by atoms with Gasteiger partial charge in [0.2, 0.25) is 0 Å². The van der Waals surface area contributed by atoms with E-state index in [0.29, 0.717) is 0 Å². The number of thiazole rings is 1. The topological polar surface area (TPSA) is 38.9 Å². The van der Waals surface area contributed by atoms with Gasteiger partial charge in [0.25, 0.3) is 0 Å². The van der Waals surface area contributed by atoms with Crippen molar-refractivity contribution in [2.24, 2.45) is 11.7 Å². The van der Waals surface area contributed by atoms with Crippen molar-refractivity contribution in [2.45, 2.75) is 57.9 Å². The summed E-state index contributed by atoms with van der Waals surface area (Å²) in [6.45, 7) is 6.64. The van der Waals surface area contributed by atoms with Crippen LogP contribution in [-0.4, -0.2) is 22.5 Å². The van der Waals surface area contributed by atoms with Crippen molar-refractivity contribution in [1.29, 1.82) is 0 Å². The Morgan fingerprint density at radius 3 is 2.63 bits per heavy atom. The van der Waals surface area contributed by atoms with Gasteiger partial charge in [-0.05, 0) is 36.7 Å². The highest BCUT2D eigenvalue weighted by molar-refractivity contribution is 7.99. The van der Waals surface area contributed by atoms with Gasteiger partial charge in [-0.3, -0.25) is 0 Å². The standard InChI is InChI=1S/C15H26N2S2/c1-15(2,3)13-10-19-14(17-13)9-12(16)8-11-4-6-18-7-5-11/h10-12H,4-9,16H2,1-3H3. The van der Waals surface area contributed by atoms with Gasteiger partial charge >= 0.3 is 0 Å². The van der Waals surface area contributed by atoms with Crippen LogP contribution in [0.4, 0.5) is 0 Å². The fraction of sp³-hybridized carbons (Fsp3) is 0.800. The number of hydrogen-bond donors (Lipinski definition) is 1. The number of hydrogen-bond acceptors (Lipinski definition) is 4. The second-order valence-electron chi connectivity index (χ2n) is 6.63. The summed E-state index contributed by atoms with van der Waals surface area (Å²) in [5.41, 5.74) is 7.67. The molecule has 0 aromatic carbocycles. The van der Waals surface area contributed by atoms with E-state index in [4.69, 9.17) is 10.7 Å². The molecule has 2 nitrogen and oxygen atoms in total. The van der Waals surface area contributed by atoms with Crippen molar-refractivity contribution < 1.29 is 0 Å². The zero-order valence-corrected chi connectivity index (χ0v) is 13.9. The fourth-order valence-electron chi connectivity index (χ4n) is 2.47. The third kappa shape index (κ3) is 4.76. The van der Waals surface area contributed by atoms with Gasteiger partial charge in [0, 0.05) is 23.3 Å². The van der Waals surface area contributed by atoms with Crippen LogP contribution in [0, 0.1) is 5.92 Å². The van der Waals surface area contributed by atoms with Gasteiger partial charge in [-0.15, -0.1) is 11.3 Å². The van der Waals surface area contributed by atoms with Crippen molar-refractivity contribution in [3.63, 3.8) is 0 Å². The molecule has 1 atom stereocenters. The summed E-state index contributed by atoms with van der Waals surface area (Å²) in [5.74, 6) is 3.49. The predicted octanol–water partition coefficient (Wildman–Crippen LogP) is 3.84. The van der Waals surface area contributed by atoms with Crippen LogP contribution in [0.15, 0.2) is 5.38 Å². The summed E-state index contributed by atoms with van der Waals surface area (Å²) in [6, 6.07) is 0.284. The first-order valence-corrected chi connectivity index (χ1v) is 9.27. The average Bonchev–Trinajstić information content (AvgIpc) is 2.78. The molecular formula is C15H26N2S2. The normalized spacial score (nSPS) is 19.6. The van der Waals surface area contributed by atoms with Crippen LogP contribution in [0.1, 0.15) is 50.7 Å². The van der Waals surface area contributed by atoms with Gasteiger partial charge in [-0.2, -0.15) is 11.8 Å². The molecule has 0 amide bonds. The molecule has 1 aromatic heterocycles. The Hall–Kier alpha value is -0.0600. The lowest BCUT2D eigenvalue weighted by atomic mass is 9.93. The Labute approximate surface area is 125 Å². The molecule has 1 fully saturated rings. The van der Waals surface area contributed by atoms with E-state index >= 15 is 0 Å². The minimum atomic E-state index is 0.152. The lowest BCUT2D eigenvalue weighted by Crippen LogP contribution is -2.27. The Morgan fingerprint density at radius 1 is 1.37 bits per heavy atom. The van der Waals surface area contributed by atoms with Crippen molar-refractivity contribution in [3.8, 4) is 0 Å². The zero-order chi connectivity index (χ0) is 13.9. The van der Waals surface area contributed by atoms with Gasteiger partial charge < -0.3 is 5.73 Å². The molecule has 1 saturated heterocycles. The molecular weight excluding hydrogens is 272 g/mol. The molecule has 2 rings (SSSR count). The van der Waals surface area contributed by atoms with Gasteiger partial charge in [0.1, 0.15) is 0 Å². The molecule has 1 aromatic rings. The molecule has 2 heterocycles. The monoisotopic (exact) mass is 298 g/mol. The van der Waals surface area contributed by atoms with Gasteiger partial charge in [-0.1, -0.05) is 20.8 Å². The van der Waals surface area contributed by atoms with Crippen molar-refractivity contribution >= 4 is 23.1 Å². The summed E-state index contributed by atoms with van der Waals surface area (Å²) in [6.07, 6.45) is 4.82. The van der Waals surface area contributed by atoms with E-state index in [9.17, 15) is 0 Å². The van der Waals surface area contributed by atoms with Crippen LogP contribution in [0.5, 0.6) is 0 Å². The fourth-order valence-corrected chi connectivity index (χ4v) is 4.79. The van der Waals surface area contributed by atoms with Crippen LogP contribution < -0.4 is 5.73 Å². The first kappa shape index (κ1) is 15.3. The van der Waals surface area contributed by atoms with E-state index in [1.54, 1.807) is 11.3 Å². The molecule has 19 heavy (non-hydrogen) atoms. The first-order valence-electron chi connectivity index (χ1n) is 7.23. The summed E-state index contributed by atoms with van der Waals surface area (Å²) in [5, 5.41) is 3.40. The smallest absolute Gasteiger partial charge is 0.0943 e. The van der Waals surface area contributed by atoms with Crippen LogP contribution >= 0.6 is 23.1 Å². The Bertz CT molecular complexity index is 389. The van der Waals surface area contributed by atoms with E-state index < -0.39 is 0 Å². The summed E-state index contributed by atoms with van der Waals surface area (Å²) < 4.78 is 0. The average molecular weight is 299 g/mol. The van der Waals surface area contributed by atoms with Crippen molar-refractivity contribution in [2.75, 3.05) is 11.5 Å². The van der Waals surface area contributed by atoms with E-state index in [0.717, 1.165) is 12.3 Å². The molecule has 1 aliphatic heterocycles. The summed E-state index contributed by atoms with van der Waals surface area (Å²) >= 11 is 3.86. The lowest BCUT2D eigenvalue weighted by Gasteiger charge is -2.24. The van der Waals surface area contributed by atoms with Crippen LogP contribution in [0.25, 0.3) is 0 Å². The first-order chi connectivity index (χ1) is 8.95. The molecule has 2 N–H and O–H groups in total. The molecule has 0 spiro atoms. The number of nitrogens with two attached hydrogens (primary N) is 1. The Balaban J connectivity index is 1.84. The van der Waals surface area contributed by atoms with Gasteiger partial charge in [0.15, 0.2) is 0 Å². The third-order valence-electron chi connectivity index (χ3n) is 3.73. The molecule has 0 bridgehead atoms. The maximum Gasteiger partial charge on any atom is 0.0943 e. The van der Waals surface area contributed by atoms with Crippen molar-refractivity contribution in [1.82, 2.24) is 4.98 Å². The van der Waals surface area contributed by atoms with Gasteiger partial charge in [-0.25, -0.2) is 4.98 Å². The van der Waals surface area contributed by atoms with E-state index in [1.807, 2.05) is 0 Å². The molecule has 0 aliphatic carbocycles. The van der Waals surface area contributed by atoms with Gasteiger partial charge in [0.05, 0.1) is 10.7 Å². The van der Waals surface area contributed by atoms with E-state index in [-0.39, 0.29) is 11.5 Å². The Kier molecular flexibility index (Phi) is 5.32. The zero-order valence-electron chi connectivity index (χ0n) is 12.3. The largest absolute Gasteiger partial charge is 0.327 e. The van der Waals surface area contributed by atoms with Crippen LogP contribution in [0.3, 0.4) is 0 Å². The lowest BCUT2D eigenvalue weighted by molar-refractivity contribution is 0.405. The molecule has 108 valence electrons. The molecule has 4 heteroatoms. The summed E-state index contributed by atoms with van der Waals surface area (Å²) in [4.78, 5) is 4.75. The highest BCUT2D eigenvalue weighted by atomic mass is 32.2. The Morgan fingerprint density at radius 2 is 2.05 bits per heavy atom. The highest BCUT2D eigenvalue weighted by Gasteiger charge is 2.20. The molecule has 0 radical (unpaired) electrons. The quantitative estimate of drug-likeness (QED) is 0.918. The maximum atomic E-state index is 6.31. The number of thioether (sulfide) groups is 1. The minimum absolute atomic E-state index is 0.152. The van der Waals surface area contributed by atoms with Crippen LogP contribution in [-0.2, 0) is 11.8 Å². The van der Waals surface area contributed by atoms with Crippen LogP contribution in [0.2, 0.25) is 0 Å². The number of aromatic nitrogens is 1.